The van der Waals surface area contributed by atoms with Crippen LogP contribution >= 0.6 is 43.5 Å². The van der Waals surface area contributed by atoms with Crippen molar-refractivity contribution in [2.45, 2.75) is 0 Å². The number of halogens is 3. The number of hydrogen-bond donors (Lipinski definition) is 2. The predicted octanol–water partition coefficient (Wildman–Crippen LogP) is 3.34. The van der Waals surface area contributed by atoms with E-state index in [1.54, 1.807) is 12.1 Å². The monoisotopic (exact) mass is 324 g/mol. The summed E-state index contributed by atoms with van der Waals surface area (Å²) < 4.78 is 1.49. The SMILES string of the molecule is N/C=C(/Br)c1cc(Cl)c(Br)cc1N. The van der Waals surface area contributed by atoms with Crippen molar-refractivity contribution in [1.29, 1.82) is 0 Å². The molecule has 1 aromatic carbocycles. The third kappa shape index (κ3) is 2.39. The molecule has 2 nitrogen and oxygen atoms in total. The summed E-state index contributed by atoms with van der Waals surface area (Å²) in [6.07, 6.45) is 1.43. The molecule has 0 spiro atoms. The Bertz CT molecular complexity index is 363. The summed E-state index contributed by atoms with van der Waals surface area (Å²) in [4.78, 5) is 0. The van der Waals surface area contributed by atoms with Crippen LogP contribution in [0.1, 0.15) is 5.56 Å². The number of rotatable bonds is 1. The molecule has 1 aromatic rings. The molecule has 0 heterocycles. The lowest BCUT2D eigenvalue weighted by Crippen LogP contribution is -1.93. The third-order valence-corrected chi connectivity index (χ3v) is 3.38. The van der Waals surface area contributed by atoms with Crippen molar-refractivity contribution in [1.82, 2.24) is 0 Å². The van der Waals surface area contributed by atoms with E-state index in [1.807, 2.05) is 0 Å². The Morgan fingerprint density at radius 1 is 1.46 bits per heavy atom. The van der Waals surface area contributed by atoms with Crippen LogP contribution < -0.4 is 11.5 Å². The van der Waals surface area contributed by atoms with E-state index in [0.29, 0.717) is 10.7 Å². The van der Waals surface area contributed by atoms with Gasteiger partial charge in [-0.05, 0) is 44.0 Å². The van der Waals surface area contributed by atoms with E-state index in [2.05, 4.69) is 31.9 Å². The van der Waals surface area contributed by atoms with Crippen LogP contribution in [0.5, 0.6) is 0 Å². The fourth-order valence-corrected chi connectivity index (χ4v) is 1.73. The average molecular weight is 326 g/mol. The number of nitrogen functional groups attached to an aromatic ring is 1. The second-order valence-electron chi connectivity index (χ2n) is 2.37. The van der Waals surface area contributed by atoms with Gasteiger partial charge in [-0.3, -0.25) is 0 Å². The largest absolute Gasteiger partial charge is 0.404 e. The highest BCUT2D eigenvalue weighted by Crippen LogP contribution is 2.33. The molecule has 0 aliphatic heterocycles. The van der Waals surface area contributed by atoms with Crippen molar-refractivity contribution < 1.29 is 0 Å². The topological polar surface area (TPSA) is 52.0 Å². The molecule has 0 saturated heterocycles. The van der Waals surface area contributed by atoms with Gasteiger partial charge in [0.05, 0.1) is 5.02 Å². The summed E-state index contributed by atoms with van der Waals surface area (Å²) in [7, 11) is 0. The zero-order valence-electron chi connectivity index (χ0n) is 6.52. The molecule has 0 bridgehead atoms. The third-order valence-electron chi connectivity index (χ3n) is 1.50. The van der Waals surface area contributed by atoms with Gasteiger partial charge >= 0.3 is 0 Å². The molecule has 0 aliphatic rings. The van der Waals surface area contributed by atoms with E-state index in [0.717, 1.165) is 14.5 Å². The minimum absolute atomic E-state index is 0.600. The number of hydrogen-bond acceptors (Lipinski definition) is 2. The molecule has 0 aliphatic carbocycles. The lowest BCUT2D eigenvalue weighted by molar-refractivity contribution is 1.56. The summed E-state index contributed by atoms with van der Waals surface area (Å²) in [5.74, 6) is 0. The Labute approximate surface area is 98.2 Å². The predicted molar refractivity (Wildman–Crippen MR) is 64.7 cm³/mol. The van der Waals surface area contributed by atoms with Gasteiger partial charge in [-0.15, -0.1) is 0 Å². The van der Waals surface area contributed by atoms with Crippen molar-refractivity contribution >= 4 is 53.6 Å². The maximum absolute atomic E-state index is 5.90. The van der Waals surface area contributed by atoms with Crippen LogP contribution in [0.2, 0.25) is 5.02 Å². The van der Waals surface area contributed by atoms with Gasteiger partial charge < -0.3 is 11.5 Å². The van der Waals surface area contributed by atoms with Gasteiger partial charge in [-0.25, -0.2) is 0 Å². The fourth-order valence-electron chi connectivity index (χ4n) is 0.859. The first-order chi connectivity index (χ1) is 6.06. The van der Waals surface area contributed by atoms with Crippen molar-refractivity contribution in [2.75, 3.05) is 5.73 Å². The first-order valence-corrected chi connectivity index (χ1v) is 5.35. The highest BCUT2D eigenvalue weighted by molar-refractivity contribution is 9.15. The normalized spacial score (nSPS) is 11.8. The molecule has 5 heteroatoms. The lowest BCUT2D eigenvalue weighted by atomic mass is 10.2. The van der Waals surface area contributed by atoms with Gasteiger partial charge in [0, 0.05) is 26.4 Å². The van der Waals surface area contributed by atoms with E-state index in [1.165, 1.54) is 6.20 Å². The zero-order chi connectivity index (χ0) is 10.0. The molecule has 0 saturated carbocycles. The van der Waals surface area contributed by atoms with E-state index < -0.39 is 0 Å². The van der Waals surface area contributed by atoms with E-state index in [4.69, 9.17) is 23.1 Å². The van der Waals surface area contributed by atoms with Crippen LogP contribution in [0.3, 0.4) is 0 Å². The standard InChI is InChI=1S/C8H7Br2ClN2/c9-5-2-8(13)4(1-7(5)11)6(10)3-12/h1-3H,12-13H2/b6-3+. The summed E-state index contributed by atoms with van der Waals surface area (Å²) in [5.41, 5.74) is 12.5. The van der Waals surface area contributed by atoms with Gasteiger partial charge in [-0.1, -0.05) is 11.6 Å². The number of nitrogens with two attached hydrogens (primary N) is 2. The Balaban J connectivity index is 3.32. The molecule has 0 unspecified atom stereocenters. The van der Waals surface area contributed by atoms with Crippen molar-refractivity contribution in [3.63, 3.8) is 0 Å². The average Bonchev–Trinajstić information content (AvgIpc) is 2.10. The quantitative estimate of drug-likeness (QED) is 0.778. The molecule has 0 fully saturated rings. The molecular formula is C8H7Br2ClN2. The summed E-state index contributed by atoms with van der Waals surface area (Å²) in [5, 5.41) is 0.600. The van der Waals surface area contributed by atoms with Crippen LogP contribution in [0.25, 0.3) is 4.48 Å². The molecule has 0 aromatic heterocycles. The van der Waals surface area contributed by atoms with Gasteiger partial charge in [0.25, 0.3) is 0 Å². The van der Waals surface area contributed by atoms with Crippen LogP contribution in [0.15, 0.2) is 22.8 Å². The minimum Gasteiger partial charge on any atom is -0.404 e. The van der Waals surface area contributed by atoms with Crippen molar-refractivity contribution in [3.8, 4) is 0 Å². The Kier molecular flexibility index (Phi) is 3.64. The van der Waals surface area contributed by atoms with Crippen LogP contribution in [-0.4, -0.2) is 0 Å². The first kappa shape index (κ1) is 10.9. The molecule has 13 heavy (non-hydrogen) atoms. The molecular weight excluding hydrogens is 319 g/mol. The molecule has 70 valence electrons. The van der Waals surface area contributed by atoms with Gasteiger partial charge in [0.1, 0.15) is 0 Å². The highest BCUT2D eigenvalue weighted by Gasteiger charge is 2.06. The summed E-state index contributed by atoms with van der Waals surface area (Å²) in [6, 6.07) is 3.48. The lowest BCUT2D eigenvalue weighted by Gasteiger charge is -2.06. The van der Waals surface area contributed by atoms with Gasteiger partial charge in [0.2, 0.25) is 0 Å². The zero-order valence-corrected chi connectivity index (χ0v) is 10.4. The first-order valence-electron chi connectivity index (χ1n) is 3.38. The number of anilines is 1. The van der Waals surface area contributed by atoms with Crippen LogP contribution in [0, 0.1) is 0 Å². The van der Waals surface area contributed by atoms with E-state index in [-0.39, 0.29) is 0 Å². The maximum atomic E-state index is 5.90. The summed E-state index contributed by atoms with van der Waals surface area (Å²) in [6.45, 7) is 0. The van der Waals surface area contributed by atoms with Gasteiger partial charge in [0.15, 0.2) is 0 Å². The molecule has 0 atom stereocenters. The summed E-state index contributed by atoms with van der Waals surface area (Å²) >= 11 is 12.4. The van der Waals surface area contributed by atoms with Crippen LogP contribution in [0.4, 0.5) is 5.69 Å². The van der Waals surface area contributed by atoms with E-state index >= 15 is 0 Å². The highest BCUT2D eigenvalue weighted by atomic mass is 79.9. The number of benzene rings is 1. The van der Waals surface area contributed by atoms with Gasteiger partial charge in [-0.2, -0.15) is 0 Å². The fraction of sp³-hybridized carbons (Fsp3) is 0. The maximum Gasteiger partial charge on any atom is 0.0555 e. The Morgan fingerprint density at radius 3 is 2.62 bits per heavy atom. The Morgan fingerprint density at radius 2 is 2.08 bits per heavy atom. The van der Waals surface area contributed by atoms with Crippen molar-refractivity contribution in [3.05, 3.63) is 33.4 Å². The van der Waals surface area contributed by atoms with Crippen LogP contribution in [-0.2, 0) is 0 Å². The Hall–Kier alpha value is -0.190. The molecule has 0 amide bonds. The molecule has 4 N–H and O–H groups in total. The van der Waals surface area contributed by atoms with E-state index in [9.17, 15) is 0 Å². The second kappa shape index (κ2) is 4.35. The van der Waals surface area contributed by atoms with Crippen molar-refractivity contribution in [2.24, 2.45) is 5.73 Å². The molecule has 1 rings (SSSR count). The minimum atomic E-state index is 0.600. The second-order valence-corrected chi connectivity index (χ2v) is 4.48. The molecule has 0 radical (unpaired) electrons. The smallest absolute Gasteiger partial charge is 0.0555 e.